The third-order valence-electron chi connectivity index (χ3n) is 7.05. The molecule has 1 amide bonds. The Kier molecular flexibility index (Phi) is 5.53. The number of carbonyl (C=O) groups excluding carboxylic acids is 4. The molecule has 11 heteroatoms. The van der Waals surface area contributed by atoms with Crippen LogP contribution in [0.1, 0.15) is 46.0 Å². The summed E-state index contributed by atoms with van der Waals surface area (Å²) < 4.78 is 0. The Bertz CT molecular complexity index is 1270. The molecule has 1 aromatic carbocycles. The van der Waals surface area contributed by atoms with Crippen LogP contribution >= 0.6 is 0 Å². The van der Waals surface area contributed by atoms with Crippen LogP contribution < -0.4 is 16.4 Å². The summed E-state index contributed by atoms with van der Waals surface area (Å²) >= 11 is 0. The number of phenols is 1. The molecule has 4 unspecified atom stereocenters. The van der Waals surface area contributed by atoms with Gasteiger partial charge < -0.3 is 31.1 Å². The van der Waals surface area contributed by atoms with Gasteiger partial charge in [0.2, 0.25) is 5.78 Å². The Morgan fingerprint density at radius 3 is 2.31 bits per heavy atom. The zero-order chi connectivity index (χ0) is 26.1. The molecule has 4 atom stereocenters. The molecule has 0 saturated carbocycles. The molecule has 1 aromatic rings. The second kappa shape index (κ2) is 7.92. The van der Waals surface area contributed by atoms with Gasteiger partial charge in [0.25, 0.3) is 5.91 Å². The molecule has 3 aliphatic rings. The second-order valence-corrected chi connectivity index (χ2v) is 9.77. The number of aliphatic hydroxyl groups is 3. The predicted molar refractivity (Wildman–Crippen MR) is 123 cm³/mol. The Hall–Kier alpha value is -3.70. The van der Waals surface area contributed by atoms with E-state index in [1.165, 1.54) is 6.07 Å². The van der Waals surface area contributed by atoms with Gasteiger partial charge in [0, 0.05) is 31.8 Å². The average molecular weight is 485 g/mol. The lowest BCUT2D eigenvalue weighted by molar-refractivity contribution is -0.126. The van der Waals surface area contributed by atoms with E-state index >= 15 is 0 Å². The van der Waals surface area contributed by atoms with Crippen molar-refractivity contribution in [2.75, 3.05) is 19.0 Å². The fraction of sp³-hybridized carbons (Fsp3) is 0.417. The van der Waals surface area contributed by atoms with E-state index < -0.39 is 69.6 Å². The van der Waals surface area contributed by atoms with Crippen molar-refractivity contribution in [1.29, 1.82) is 0 Å². The number of anilines is 1. The number of phenolic OH excluding ortho intramolecular Hbond substituents is 1. The largest absolute Gasteiger partial charge is 0.511 e. The van der Waals surface area contributed by atoms with E-state index in [2.05, 4.69) is 0 Å². The Labute approximate surface area is 200 Å². The van der Waals surface area contributed by atoms with Gasteiger partial charge in [0.05, 0.1) is 17.0 Å². The van der Waals surface area contributed by atoms with Crippen molar-refractivity contribution in [2.45, 2.75) is 31.9 Å². The molecule has 35 heavy (non-hydrogen) atoms. The van der Waals surface area contributed by atoms with Crippen molar-refractivity contribution >= 4 is 28.9 Å². The van der Waals surface area contributed by atoms with Crippen molar-refractivity contribution in [3.8, 4) is 5.75 Å². The number of carbonyl (C=O) groups is 4. The first-order valence-electron chi connectivity index (χ1n) is 11.0. The minimum absolute atomic E-state index is 0.0611. The number of nitrogens with zero attached hydrogens (tertiary/aromatic N) is 1. The number of aliphatic hydroxyl groups excluding tert-OH is 2. The first-order valence-corrected chi connectivity index (χ1v) is 11.0. The quantitative estimate of drug-likeness (QED) is 0.196. The summed E-state index contributed by atoms with van der Waals surface area (Å²) in [6.07, 6.45) is 0.386. The van der Waals surface area contributed by atoms with Crippen LogP contribution in [0.4, 0.5) is 5.69 Å². The molecule has 0 saturated heterocycles. The van der Waals surface area contributed by atoms with Gasteiger partial charge in [0.1, 0.15) is 22.8 Å². The molecule has 0 heterocycles. The van der Waals surface area contributed by atoms with Gasteiger partial charge in [-0.3, -0.25) is 24.9 Å². The van der Waals surface area contributed by atoms with Crippen molar-refractivity contribution in [2.24, 2.45) is 29.2 Å². The SMILES string of the molecule is CN(C)c1cc(C(=O)C(C)(N)O)c(O)c2c1CC1CC3CC(O)=C(C(N)=O)C(=O)C3C(O)=C1C2=O. The number of hydrogen-bond donors (Lipinski definition) is 6. The highest BCUT2D eigenvalue weighted by Gasteiger charge is 2.51. The van der Waals surface area contributed by atoms with Crippen molar-refractivity contribution < 1.29 is 39.6 Å². The third-order valence-corrected chi connectivity index (χ3v) is 7.05. The zero-order valence-corrected chi connectivity index (χ0v) is 19.5. The van der Waals surface area contributed by atoms with Gasteiger partial charge >= 0.3 is 0 Å². The molecule has 0 spiro atoms. The maximum absolute atomic E-state index is 13.7. The first-order chi connectivity index (χ1) is 16.2. The Balaban J connectivity index is 1.92. The predicted octanol–water partition coefficient (Wildman–Crippen LogP) is 0.382. The highest BCUT2D eigenvalue weighted by molar-refractivity contribution is 6.22. The molecule has 0 fully saturated rings. The number of hydrogen-bond acceptors (Lipinski definition) is 10. The fourth-order valence-corrected chi connectivity index (χ4v) is 5.53. The summed E-state index contributed by atoms with van der Waals surface area (Å²) in [6.45, 7) is 1.05. The van der Waals surface area contributed by atoms with Crippen LogP contribution in [0.15, 0.2) is 28.7 Å². The number of primary amides is 1. The lowest BCUT2D eigenvalue weighted by atomic mass is 9.62. The highest BCUT2D eigenvalue weighted by atomic mass is 16.3. The van der Waals surface area contributed by atoms with E-state index in [0.29, 0.717) is 11.3 Å². The Morgan fingerprint density at radius 2 is 1.77 bits per heavy atom. The van der Waals surface area contributed by atoms with E-state index in [-0.39, 0.29) is 36.0 Å². The number of ketones is 3. The molecule has 4 rings (SSSR count). The number of rotatable bonds is 4. The molecule has 0 bridgehead atoms. The van der Waals surface area contributed by atoms with Gasteiger partial charge in [0.15, 0.2) is 17.3 Å². The molecule has 11 nitrogen and oxygen atoms in total. The molecular weight excluding hydrogens is 458 g/mol. The minimum Gasteiger partial charge on any atom is -0.511 e. The number of Topliss-reactive ketones (excluding diaryl/α,β-unsaturated/α-hetero) is 3. The number of allylic oxidation sites excluding steroid dienone is 3. The van der Waals surface area contributed by atoms with Crippen LogP contribution in [0.2, 0.25) is 0 Å². The maximum atomic E-state index is 13.7. The lowest BCUT2D eigenvalue weighted by Crippen LogP contribution is -2.45. The molecule has 0 aliphatic heterocycles. The maximum Gasteiger partial charge on any atom is 0.255 e. The van der Waals surface area contributed by atoms with Crippen LogP contribution in [0, 0.1) is 17.8 Å². The van der Waals surface area contributed by atoms with Gasteiger partial charge in [-0.15, -0.1) is 0 Å². The summed E-state index contributed by atoms with van der Waals surface area (Å²) in [4.78, 5) is 52.7. The number of benzene rings is 1. The number of fused-ring (bicyclic) bond motifs is 3. The summed E-state index contributed by atoms with van der Waals surface area (Å²) in [6, 6.07) is 1.35. The topological polar surface area (TPSA) is 204 Å². The number of nitrogens with two attached hydrogens (primary N) is 2. The molecular formula is C24H27N3O8. The summed E-state index contributed by atoms with van der Waals surface area (Å²) in [5.41, 5.74) is 8.05. The third kappa shape index (κ3) is 3.58. The van der Waals surface area contributed by atoms with Crippen LogP contribution in [0.25, 0.3) is 0 Å². The van der Waals surface area contributed by atoms with E-state index in [0.717, 1.165) is 6.92 Å². The van der Waals surface area contributed by atoms with E-state index in [4.69, 9.17) is 11.5 Å². The average Bonchev–Trinajstić information content (AvgIpc) is 2.71. The van der Waals surface area contributed by atoms with Gasteiger partial charge in [-0.25, -0.2) is 0 Å². The number of aromatic hydroxyl groups is 1. The van der Waals surface area contributed by atoms with Gasteiger partial charge in [-0.2, -0.15) is 0 Å². The van der Waals surface area contributed by atoms with Crippen LogP contribution in [0.3, 0.4) is 0 Å². The highest BCUT2D eigenvalue weighted by Crippen LogP contribution is 2.51. The summed E-state index contributed by atoms with van der Waals surface area (Å²) in [5, 5.41) is 42.3. The zero-order valence-electron chi connectivity index (χ0n) is 19.5. The van der Waals surface area contributed by atoms with E-state index in [1.54, 1.807) is 19.0 Å². The normalized spacial score (nSPS) is 25.5. The van der Waals surface area contributed by atoms with Gasteiger partial charge in [-0.05, 0) is 43.2 Å². The van der Waals surface area contributed by atoms with Crippen LogP contribution in [0.5, 0.6) is 5.75 Å². The van der Waals surface area contributed by atoms with E-state index in [1.807, 2.05) is 0 Å². The molecule has 0 aromatic heterocycles. The lowest BCUT2D eigenvalue weighted by Gasteiger charge is -2.41. The molecule has 3 aliphatic carbocycles. The molecule has 8 N–H and O–H groups in total. The van der Waals surface area contributed by atoms with Gasteiger partial charge in [-0.1, -0.05) is 0 Å². The minimum atomic E-state index is -2.32. The molecule has 0 radical (unpaired) electrons. The van der Waals surface area contributed by atoms with Crippen LogP contribution in [-0.4, -0.2) is 63.5 Å². The number of amides is 1. The van der Waals surface area contributed by atoms with Crippen LogP contribution in [-0.2, 0) is 16.0 Å². The Morgan fingerprint density at radius 1 is 1.14 bits per heavy atom. The second-order valence-electron chi connectivity index (χ2n) is 9.77. The van der Waals surface area contributed by atoms with E-state index in [9.17, 15) is 39.6 Å². The van der Waals surface area contributed by atoms with Crippen molar-refractivity contribution in [3.63, 3.8) is 0 Å². The fourth-order valence-electron chi connectivity index (χ4n) is 5.53. The molecule has 186 valence electrons. The van der Waals surface area contributed by atoms with Crippen molar-refractivity contribution in [3.05, 3.63) is 45.4 Å². The van der Waals surface area contributed by atoms with Crippen molar-refractivity contribution in [1.82, 2.24) is 0 Å². The first kappa shape index (κ1) is 24.4. The standard InChI is InChI=1S/C24H27N3O8/c1-24(26,35)22(33)11-7-12(27(2)3)10-5-8-4-9-6-13(28)17(23(25)34)21(32)15(9)19(30)14(8)20(31)16(10)18(11)29/h7-9,15,28-30,35H,4-6,26H2,1-3H3,(H2,25,34). The summed E-state index contributed by atoms with van der Waals surface area (Å²) in [7, 11) is 3.36. The monoisotopic (exact) mass is 485 g/mol. The summed E-state index contributed by atoms with van der Waals surface area (Å²) in [5.74, 6) is -7.77. The smallest absolute Gasteiger partial charge is 0.255 e.